The molecule has 0 aliphatic carbocycles. The van der Waals surface area contributed by atoms with Crippen molar-refractivity contribution in [2.45, 2.75) is 0 Å². The lowest BCUT2D eigenvalue weighted by Crippen LogP contribution is -2.23. The molecule has 0 bridgehead atoms. The number of pyridine rings is 2. The van der Waals surface area contributed by atoms with E-state index >= 15 is 0 Å². The molecular weight excluding hydrogens is 212 g/mol. The molecule has 0 unspecified atom stereocenters. The first kappa shape index (κ1) is 9.78. The fourth-order valence-electron chi connectivity index (χ4n) is 1.96. The molecule has 3 aromatic rings. The van der Waals surface area contributed by atoms with Crippen LogP contribution in [0.15, 0.2) is 61.2 Å². The van der Waals surface area contributed by atoms with Crippen LogP contribution in [0.2, 0.25) is 0 Å². The second-order valence-corrected chi connectivity index (χ2v) is 3.86. The van der Waals surface area contributed by atoms with E-state index in [0.29, 0.717) is 0 Å². The molecule has 2 heterocycles. The van der Waals surface area contributed by atoms with Gasteiger partial charge in [0, 0.05) is 35.0 Å². The number of aromatic nitrogens is 2. The van der Waals surface area contributed by atoms with Crippen LogP contribution in [0.3, 0.4) is 0 Å². The SMILES string of the molecule is [O-][n+]1cccc(-c2cncc3ccccc23)c1. The standard InChI is InChI=1S/C14H10N2O/c17-16-7-3-5-12(10-16)14-9-15-8-11-4-1-2-6-13(11)14/h1-10H. The minimum Gasteiger partial charge on any atom is -0.619 e. The zero-order valence-electron chi connectivity index (χ0n) is 9.08. The largest absolute Gasteiger partial charge is 0.619 e. The summed E-state index contributed by atoms with van der Waals surface area (Å²) in [6, 6.07) is 11.7. The van der Waals surface area contributed by atoms with Gasteiger partial charge in [0.25, 0.3) is 0 Å². The second-order valence-electron chi connectivity index (χ2n) is 3.86. The fourth-order valence-corrected chi connectivity index (χ4v) is 1.96. The van der Waals surface area contributed by atoms with Crippen LogP contribution < -0.4 is 4.73 Å². The second kappa shape index (κ2) is 3.87. The van der Waals surface area contributed by atoms with E-state index in [0.717, 1.165) is 26.6 Å². The van der Waals surface area contributed by atoms with Gasteiger partial charge in [0.1, 0.15) is 0 Å². The summed E-state index contributed by atoms with van der Waals surface area (Å²) in [6.07, 6.45) is 6.65. The van der Waals surface area contributed by atoms with E-state index in [-0.39, 0.29) is 0 Å². The highest BCUT2D eigenvalue weighted by molar-refractivity contribution is 5.95. The average molecular weight is 222 g/mol. The van der Waals surface area contributed by atoms with E-state index in [1.54, 1.807) is 18.5 Å². The lowest BCUT2D eigenvalue weighted by molar-refractivity contribution is -0.604. The minimum absolute atomic E-state index is 0.803. The first-order valence-electron chi connectivity index (χ1n) is 5.36. The smallest absolute Gasteiger partial charge is 0.188 e. The predicted molar refractivity (Wildman–Crippen MR) is 66.1 cm³/mol. The van der Waals surface area contributed by atoms with E-state index in [1.165, 1.54) is 6.20 Å². The van der Waals surface area contributed by atoms with Crippen LogP contribution in [0.25, 0.3) is 21.9 Å². The molecule has 3 nitrogen and oxygen atoms in total. The third kappa shape index (κ3) is 1.72. The van der Waals surface area contributed by atoms with Crippen molar-refractivity contribution in [1.29, 1.82) is 0 Å². The highest BCUT2D eigenvalue weighted by atomic mass is 16.5. The molecule has 3 rings (SSSR count). The molecule has 0 aliphatic heterocycles. The normalized spacial score (nSPS) is 10.6. The Morgan fingerprint density at radius 1 is 1.00 bits per heavy atom. The molecule has 0 N–H and O–H groups in total. The van der Waals surface area contributed by atoms with E-state index in [9.17, 15) is 5.21 Å². The summed E-state index contributed by atoms with van der Waals surface area (Å²) in [5.41, 5.74) is 1.86. The number of benzene rings is 1. The van der Waals surface area contributed by atoms with Crippen LogP contribution in [0.1, 0.15) is 0 Å². The van der Waals surface area contributed by atoms with Gasteiger partial charge >= 0.3 is 0 Å². The molecule has 0 radical (unpaired) electrons. The van der Waals surface area contributed by atoms with Crippen molar-refractivity contribution in [2.75, 3.05) is 0 Å². The van der Waals surface area contributed by atoms with Gasteiger partial charge in [0.05, 0.1) is 0 Å². The summed E-state index contributed by atoms with van der Waals surface area (Å²) in [5.74, 6) is 0. The molecule has 0 amide bonds. The van der Waals surface area contributed by atoms with Gasteiger partial charge in [-0.2, -0.15) is 4.73 Å². The summed E-state index contributed by atoms with van der Waals surface area (Å²) in [6.45, 7) is 0. The summed E-state index contributed by atoms with van der Waals surface area (Å²) >= 11 is 0. The molecule has 17 heavy (non-hydrogen) atoms. The van der Waals surface area contributed by atoms with Gasteiger partial charge in [-0.25, -0.2) is 0 Å². The highest BCUT2D eigenvalue weighted by Crippen LogP contribution is 2.26. The summed E-state index contributed by atoms with van der Waals surface area (Å²) < 4.78 is 0.803. The molecule has 0 saturated carbocycles. The lowest BCUT2D eigenvalue weighted by atomic mass is 10.0. The Labute approximate surface area is 98.6 Å². The summed E-state index contributed by atoms with van der Waals surface area (Å²) in [5, 5.41) is 13.5. The van der Waals surface area contributed by atoms with Crippen molar-refractivity contribution in [2.24, 2.45) is 0 Å². The zero-order valence-corrected chi connectivity index (χ0v) is 9.08. The van der Waals surface area contributed by atoms with Crippen molar-refractivity contribution in [3.05, 3.63) is 66.4 Å². The quantitative estimate of drug-likeness (QED) is 0.469. The first-order valence-corrected chi connectivity index (χ1v) is 5.36. The number of hydrogen-bond acceptors (Lipinski definition) is 2. The maximum Gasteiger partial charge on any atom is 0.188 e. The van der Waals surface area contributed by atoms with Crippen molar-refractivity contribution in [3.8, 4) is 11.1 Å². The topological polar surface area (TPSA) is 39.8 Å². The van der Waals surface area contributed by atoms with E-state index < -0.39 is 0 Å². The van der Waals surface area contributed by atoms with Crippen molar-refractivity contribution in [1.82, 2.24) is 4.98 Å². The highest BCUT2D eigenvalue weighted by Gasteiger charge is 2.06. The number of nitrogens with zero attached hydrogens (tertiary/aromatic N) is 2. The molecule has 82 valence electrons. The van der Waals surface area contributed by atoms with Gasteiger partial charge < -0.3 is 5.21 Å². The molecule has 0 spiro atoms. The Bertz CT molecular complexity index is 674. The Kier molecular flexibility index (Phi) is 2.22. The van der Waals surface area contributed by atoms with E-state index in [1.807, 2.05) is 36.5 Å². The van der Waals surface area contributed by atoms with Crippen LogP contribution in [0, 0.1) is 5.21 Å². The fraction of sp³-hybridized carbons (Fsp3) is 0. The van der Waals surface area contributed by atoms with Gasteiger partial charge in [0.15, 0.2) is 12.4 Å². The Morgan fingerprint density at radius 3 is 2.76 bits per heavy atom. The molecule has 0 aliphatic rings. The van der Waals surface area contributed by atoms with Gasteiger partial charge in [-0.1, -0.05) is 24.3 Å². The third-order valence-corrected chi connectivity index (χ3v) is 2.75. The Morgan fingerprint density at radius 2 is 1.88 bits per heavy atom. The van der Waals surface area contributed by atoms with E-state index in [4.69, 9.17) is 0 Å². The van der Waals surface area contributed by atoms with Gasteiger partial charge in [-0.3, -0.25) is 4.98 Å². The molecule has 0 fully saturated rings. The van der Waals surface area contributed by atoms with Crippen LogP contribution in [0.5, 0.6) is 0 Å². The maximum absolute atomic E-state index is 11.3. The van der Waals surface area contributed by atoms with Crippen LogP contribution in [0.4, 0.5) is 0 Å². The number of hydrogen-bond donors (Lipinski definition) is 0. The van der Waals surface area contributed by atoms with Crippen molar-refractivity contribution in [3.63, 3.8) is 0 Å². The zero-order chi connectivity index (χ0) is 11.7. The number of fused-ring (bicyclic) bond motifs is 1. The molecule has 2 aromatic heterocycles. The van der Waals surface area contributed by atoms with Crippen LogP contribution in [-0.2, 0) is 0 Å². The first-order chi connectivity index (χ1) is 8.34. The molecular formula is C14H10N2O. The van der Waals surface area contributed by atoms with E-state index in [2.05, 4.69) is 4.98 Å². The minimum atomic E-state index is 0.803. The van der Waals surface area contributed by atoms with Gasteiger partial charge in [0.2, 0.25) is 0 Å². The molecule has 0 saturated heterocycles. The van der Waals surface area contributed by atoms with Gasteiger partial charge in [-0.15, -0.1) is 0 Å². The molecule has 0 atom stereocenters. The monoisotopic (exact) mass is 222 g/mol. The lowest BCUT2D eigenvalue weighted by Gasteiger charge is -2.05. The Balaban J connectivity index is 2.30. The predicted octanol–water partition coefficient (Wildman–Crippen LogP) is 2.54. The van der Waals surface area contributed by atoms with Gasteiger partial charge in [-0.05, 0) is 11.5 Å². The Hall–Kier alpha value is -2.42. The maximum atomic E-state index is 11.3. The van der Waals surface area contributed by atoms with Crippen LogP contribution in [-0.4, -0.2) is 4.98 Å². The van der Waals surface area contributed by atoms with Crippen molar-refractivity contribution >= 4 is 10.8 Å². The van der Waals surface area contributed by atoms with Crippen molar-refractivity contribution < 1.29 is 4.73 Å². The molecule has 3 heteroatoms. The number of rotatable bonds is 1. The summed E-state index contributed by atoms with van der Waals surface area (Å²) in [4.78, 5) is 4.21. The average Bonchev–Trinajstić information content (AvgIpc) is 2.38. The third-order valence-electron chi connectivity index (χ3n) is 2.75. The van der Waals surface area contributed by atoms with Crippen LogP contribution >= 0.6 is 0 Å². The molecule has 1 aromatic carbocycles. The summed E-state index contributed by atoms with van der Waals surface area (Å²) in [7, 11) is 0.